The van der Waals surface area contributed by atoms with Crippen molar-refractivity contribution in [2.45, 2.75) is 82.7 Å². The van der Waals surface area contributed by atoms with Gasteiger partial charge in [0.25, 0.3) is 5.91 Å². The molecule has 1 aromatic heterocycles. The molecule has 6 heteroatoms. The molecule has 0 spiro atoms. The van der Waals surface area contributed by atoms with Crippen molar-refractivity contribution in [3.8, 4) is 0 Å². The maximum absolute atomic E-state index is 12.9. The van der Waals surface area contributed by atoms with Gasteiger partial charge in [0, 0.05) is 36.1 Å². The molecule has 0 unspecified atom stereocenters. The number of fused-ring (bicyclic) bond motifs is 1. The summed E-state index contributed by atoms with van der Waals surface area (Å²) in [6.45, 7) is 2.71. The van der Waals surface area contributed by atoms with Crippen LogP contribution in [0.4, 0.5) is 0 Å². The molecule has 172 valence electrons. The number of rotatable bonds is 8. The lowest BCUT2D eigenvalue weighted by Gasteiger charge is -2.29. The smallest absolute Gasteiger partial charge is 0.255 e. The van der Waals surface area contributed by atoms with Gasteiger partial charge in [-0.1, -0.05) is 31.2 Å². The quantitative estimate of drug-likeness (QED) is 0.537. The Morgan fingerprint density at radius 1 is 1.09 bits per heavy atom. The van der Waals surface area contributed by atoms with Crippen LogP contribution in [-0.2, 0) is 39.2 Å². The van der Waals surface area contributed by atoms with E-state index in [1.54, 1.807) is 4.90 Å². The Bertz CT molecular complexity index is 1130. The summed E-state index contributed by atoms with van der Waals surface area (Å²) < 4.78 is 0. The van der Waals surface area contributed by atoms with Crippen LogP contribution in [0.15, 0.2) is 29.6 Å². The molecule has 1 atom stereocenters. The second-order valence-corrected chi connectivity index (χ2v) is 11.0. The molecule has 2 heterocycles. The fraction of sp³-hybridized carbons (Fsp3) is 0.481. The average molecular weight is 464 g/mol. The van der Waals surface area contributed by atoms with Gasteiger partial charge in [-0.3, -0.25) is 19.2 Å². The number of benzene rings is 1. The predicted molar refractivity (Wildman–Crippen MR) is 127 cm³/mol. The van der Waals surface area contributed by atoms with Crippen LogP contribution in [-0.4, -0.2) is 34.2 Å². The van der Waals surface area contributed by atoms with Crippen molar-refractivity contribution in [2.75, 3.05) is 0 Å². The number of aryl methyl sites for hydroxylation is 2. The zero-order valence-corrected chi connectivity index (χ0v) is 19.8. The minimum Gasteiger partial charge on any atom is -0.324 e. The van der Waals surface area contributed by atoms with Crippen molar-refractivity contribution in [3.05, 3.63) is 56.8 Å². The molecule has 5 rings (SSSR count). The first kappa shape index (κ1) is 22.2. The summed E-state index contributed by atoms with van der Waals surface area (Å²) in [5, 5.41) is 1.86. The van der Waals surface area contributed by atoms with Gasteiger partial charge in [-0.2, -0.15) is 0 Å². The van der Waals surface area contributed by atoms with E-state index in [-0.39, 0.29) is 29.7 Å². The van der Waals surface area contributed by atoms with E-state index in [9.17, 15) is 19.2 Å². The van der Waals surface area contributed by atoms with Crippen molar-refractivity contribution in [1.82, 2.24) is 4.90 Å². The molecular weight excluding hydrogens is 434 g/mol. The molecule has 2 fully saturated rings. The van der Waals surface area contributed by atoms with E-state index in [4.69, 9.17) is 0 Å². The third kappa shape index (κ3) is 4.45. The van der Waals surface area contributed by atoms with Gasteiger partial charge >= 0.3 is 0 Å². The Hall–Kier alpha value is -2.60. The number of nitrogens with zero attached hydrogens (tertiary/aromatic N) is 1. The van der Waals surface area contributed by atoms with E-state index in [1.165, 1.54) is 35.3 Å². The largest absolute Gasteiger partial charge is 0.324 e. The topological polar surface area (TPSA) is 71.5 Å². The second kappa shape index (κ2) is 8.64. The van der Waals surface area contributed by atoms with Crippen molar-refractivity contribution in [2.24, 2.45) is 0 Å². The van der Waals surface area contributed by atoms with E-state index in [0.29, 0.717) is 49.6 Å². The molecule has 1 aromatic carbocycles. The predicted octanol–water partition coefficient (Wildman–Crippen LogP) is 4.58. The number of thiophene rings is 1. The van der Waals surface area contributed by atoms with Gasteiger partial charge in [-0.15, -0.1) is 11.3 Å². The van der Waals surface area contributed by atoms with Gasteiger partial charge in [0.1, 0.15) is 11.6 Å². The first-order valence-electron chi connectivity index (χ1n) is 11.9. The molecule has 1 aliphatic heterocycles. The van der Waals surface area contributed by atoms with Gasteiger partial charge in [-0.05, 0) is 54.2 Å². The molecule has 0 bridgehead atoms. The Kier molecular flexibility index (Phi) is 5.81. The van der Waals surface area contributed by atoms with Gasteiger partial charge in [-0.25, -0.2) is 0 Å². The molecule has 2 saturated carbocycles. The van der Waals surface area contributed by atoms with Crippen LogP contribution in [0.25, 0.3) is 0 Å². The molecule has 5 nitrogen and oxygen atoms in total. The standard InChI is InChI=1S/C27H29NO4S/c1-27(12-13-27)18-5-2-17(3-6-18)4-7-19(29)9-11-25-21-15-28(26(32)22(21)16-33-25)23-10-8-20(30)14-24(23)31/h2-3,5-6,16,23H,4,7-15H2,1H3/t23-/m0/s1. The normalized spacial score (nSPS) is 21.4. The summed E-state index contributed by atoms with van der Waals surface area (Å²) >= 11 is 1.53. The molecule has 33 heavy (non-hydrogen) atoms. The minimum absolute atomic E-state index is 0.0376. The maximum atomic E-state index is 12.9. The van der Waals surface area contributed by atoms with Crippen LogP contribution in [0.3, 0.4) is 0 Å². The molecule has 0 radical (unpaired) electrons. The Morgan fingerprint density at radius 3 is 2.52 bits per heavy atom. The summed E-state index contributed by atoms with van der Waals surface area (Å²) in [4.78, 5) is 51.9. The summed E-state index contributed by atoms with van der Waals surface area (Å²) in [6.07, 6.45) is 5.62. The number of carbonyl (C=O) groups is 4. The minimum atomic E-state index is -0.490. The first-order valence-corrected chi connectivity index (χ1v) is 12.8. The molecule has 1 amide bonds. The van der Waals surface area contributed by atoms with Crippen LogP contribution >= 0.6 is 11.3 Å². The third-order valence-corrected chi connectivity index (χ3v) is 8.68. The summed E-state index contributed by atoms with van der Waals surface area (Å²) in [5.74, 6) is -0.0681. The van der Waals surface area contributed by atoms with E-state index in [2.05, 4.69) is 31.2 Å². The Balaban J connectivity index is 1.14. The summed E-state index contributed by atoms with van der Waals surface area (Å²) in [6, 6.07) is 8.22. The fourth-order valence-electron chi connectivity index (χ4n) is 5.03. The SMILES string of the molecule is CC1(c2ccc(CCC(=O)CCc3scc4c3CN([C@H]3CCC(=O)CC3=O)C4=O)cc2)CC1. The van der Waals surface area contributed by atoms with E-state index >= 15 is 0 Å². The van der Waals surface area contributed by atoms with Gasteiger partial charge < -0.3 is 4.90 Å². The zero-order valence-electron chi connectivity index (χ0n) is 19.0. The zero-order chi connectivity index (χ0) is 23.2. The number of ketones is 3. The molecule has 0 N–H and O–H groups in total. The molecule has 2 aromatic rings. The van der Waals surface area contributed by atoms with Gasteiger partial charge in [0.2, 0.25) is 0 Å². The van der Waals surface area contributed by atoms with Gasteiger partial charge in [0.15, 0.2) is 5.78 Å². The molecule has 0 saturated heterocycles. The number of hydrogen-bond acceptors (Lipinski definition) is 5. The second-order valence-electron chi connectivity index (χ2n) is 10.0. The number of amides is 1. The van der Waals surface area contributed by atoms with Crippen molar-refractivity contribution in [1.29, 1.82) is 0 Å². The highest BCUT2D eigenvalue weighted by molar-refractivity contribution is 7.10. The Morgan fingerprint density at radius 2 is 1.82 bits per heavy atom. The highest BCUT2D eigenvalue weighted by Crippen LogP contribution is 2.47. The van der Waals surface area contributed by atoms with Gasteiger partial charge in [0.05, 0.1) is 18.0 Å². The van der Waals surface area contributed by atoms with E-state index in [0.717, 1.165) is 16.9 Å². The van der Waals surface area contributed by atoms with E-state index in [1.807, 2.05) is 5.38 Å². The third-order valence-electron chi connectivity index (χ3n) is 7.59. The highest BCUT2D eigenvalue weighted by atomic mass is 32.1. The average Bonchev–Trinajstić information content (AvgIpc) is 3.30. The van der Waals surface area contributed by atoms with Crippen LogP contribution in [0.5, 0.6) is 0 Å². The number of Topliss-reactive ketones (excluding diaryl/α,β-unsaturated/α-hetero) is 3. The lowest BCUT2D eigenvalue weighted by atomic mass is 9.92. The van der Waals surface area contributed by atoms with Crippen molar-refractivity contribution < 1.29 is 19.2 Å². The van der Waals surface area contributed by atoms with Crippen molar-refractivity contribution in [3.63, 3.8) is 0 Å². The lowest BCUT2D eigenvalue weighted by molar-refractivity contribution is -0.133. The van der Waals surface area contributed by atoms with Crippen molar-refractivity contribution >= 4 is 34.6 Å². The van der Waals surface area contributed by atoms with Crippen LogP contribution in [0.1, 0.15) is 83.8 Å². The maximum Gasteiger partial charge on any atom is 0.255 e. The van der Waals surface area contributed by atoms with E-state index < -0.39 is 6.04 Å². The van der Waals surface area contributed by atoms with Crippen LogP contribution in [0, 0.1) is 0 Å². The van der Waals surface area contributed by atoms with Crippen LogP contribution < -0.4 is 0 Å². The highest BCUT2D eigenvalue weighted by Gasteiger charge is 2.40. The number of hydrogen-bond donors (Lipinski definition) is 0. The lowest BCUT2D eigenvalue weighted by Crippen LogP contribution is -2.44. The Labute approximate surface area is 198 Å². The molecule has 3 aliphatic rings. The summed E-state index contributed by atoms with van der Waals surface area (Å²) in [5.41, 5.74) is 4.59. The first-order chi connectivity index (χ1) is 15.8. The fourth-order valence-corrected chi connectivity index (χ4v) is 6.07. The monoisotopic (exact) mass is 463 g/mol. The number of carbonyl (C=O) groups excluding carboxylic acids is 4. The molecule has 2 aliphatic carbocycles. The summed E-state index contributed by atoms with van der Waals surface area (Å²) in [7, 11) is 0. The van der Waals surface area contributed by atoms with Crippen LogP contribution in [0.2, 0.25) is 0 Å². The molecular formula is C27H29NO4S.